The van der Waals surface area contributed by atoms with E-state index in [0.717, 1.165) is 29.1 Å². The van der Waals surface area contributed by atoms with Crippen molar-refractivity contribution in [1.82, 2.24) is 0 Å². The van der Waals surface area contributed by atoms with Gasteiger partial charge in [-0.2, -0.15) is 0 Å². The minimum Gasteiger partial charge on any atom is -0.383 e. The third-order valence-corrected chi connectivity index (χ3v) is 4.10. The van der Waals surface area contributed by atoms with Gasteiger partial charge in [0.15, 0.2) is 0 Å². The summed E-state index contributed by atoms with van der Waals surface area (Å²) >= 11 is 6.20. The van der Waals surface area contributed by atoms with Crippen molar-refractivity contribution in [3.05, 3.63) is 28.8 Å². The summed E-state index contributed by atoms with van der Waals surface area (Å²) in [6, 6.07) is 6.25. The first kappa shape index (κ1) is 11.8. The Bertz CT molecular complexity index is 373. The van der Waals surface area contributed by atoms with Crippen molar-refractivity contribution in [1.29, 1.82) is 0 Å². The summed E-state index contributed by atoms with van der Waals surface area (Å²) in [4.78, 5) is 0. The Morgan fingerprint density at radius 2 is 2.19 bits per heavy atom. The number of halogens is 1. The van der Waals surface area contributed by atoms with Crippen LogP contribution in [0.15, 0.2) is 18.2 Å². The van der Waals surface area contributed by atoms with Gasteiger partial charge in [-0.25, -0.2) is 0 Å². The number of hydrogen-bond donors (Lipinski definition) is 1. The van der Waals surface area contributed by atoms with Gasteiger partial charge in [-0.05, 0) is 23.5 Å². The van der Waals surface area contributed by atoms with E-state index >= 15 is 0 Å². The molecule has 1 aromatic carbocycles. The lowest BCUT2D eigenvalue weighted by Crippen LogP contribution is -2.19. The lowest BCUT2D eigenvalue weighted by Gasteiger charge is -2.26. The van der Waals surface area contributed by atoms with Crippen LogP contribution in [0.3, 0.4) is 0 Å². The van der Waals surface area contributed by atoms with Gasteiger partial charge in [0.05, 0.1) is 10.7 Å². The van der Waals surface area contributed by atoms with Crippen LogP contribution in [0.2, 0.25) is 5.02 Å². The van der Waals surface area contributed by atoms with Gasteiger partial charge in [-0.3, -0.25) is 0 Å². The average molecular weight is 238 g/mol. The average Bonchev–Trinajstić information content (AvgIpc) is 2.64. The molecule has 0 fully saturated rings. The van der Waals surface area contributed by atoms with Gasteiger partial charge in [-0.15, -0.1) is 0 Å². The fraction of sp³-hybridized carbons (Fsp3) is 0.571. The Hall–Kier alpha value is -0.690. The van der Waals surface area contributed by atoms with Crippen molar-refractivity contribution >= 4 is 17.3 Å². The van der Waals surface area contributed by atoms with Gasteiger partial charge in [0, 0.05) is 12.5 Å². The molecule has 0 aromatic heterocycles. The summed E-state index contributed by atoms with van der Waals surface area (Å²) in [7, 11) is 0. The Labute approximate surface area is 103 Å². The Morgan fingerprint density at radius 3 is 2.81 bits per heavy atom. The highest BCUT2D eigenvalue weighted by molar-refractivity contribution is 6.33. The molecule has 0 radical (unpaired) electrons. The van der Waals surface area contributed by atoms with Crippen molar-refractivity contribution in [2.75, 3.05) is 11.9 Å². The molecule has 0 aliphatic carbocycles. The first-order valence-corrected chi connectivity index (χ1v) is 6.55. The minimum atomic E-state index is 0.624. The number of hydrogen-bond acceptors (Lipinski definition) is 1. The maximum atomic E-state index is 6.20. The van der Waals surface area contributed by atoms with E-state index in [1.807, 2.05) is 6.07 Å². The monoisotopic (exact) mass is 237 g/mol. The third kappa shape index (κ3) is 1.93. The van der Waals surface area contributed by atoms with Gasteiger partial charge >= 0.3 is 0 Å². The van der Waals surface area contributed by atoms with E-state index in [1.54, 1.807) is 0 Å². The van der Waals surface area contributed by atoms with Crippen LogP contribution in [0.1, 0.15) is 38.7 Å². The highest BCUT2D eigenvalue weighted by Gasteiger charge is 2.31. The molecule has 1 heterocycles. The molecular formula is C14H20ClN. The zero-order valence-corrected chi connectivity index (χ0v) is 11.0. The molecule has 0 amide bonds. The topological polar surface area (TPSA) is 12.0 Å². The molecule has 0 bridgehead atoms. The summed E-state index contributed by atoms with van der Waals surface area (Å²) in [6.45, 7) is 7.95. The maximum Gasteiger partial charge on any atom is 0.0640 e. The standard InChI is InChI=1S/C14H20ClN/c1-4-10(9(2)3)12-8-16-14-11(12)6-5-7-13(14)15/h5-7,9-10,12,16H,4,8H2,1-3H3. The van der Waals surface area contributed by atoms with E-state index in [9.17, 15) is 0 Å². The molecular weight excluding hydrogens is 218 g/mol. The van der Waals surface area contributed by atoms with Crippen LogP contribution in [0.25, 0.3) is 0 Å². The smallest absolute Gasteiger partial charge is 0.0640 e. The van der Waals surface area contributed by atoms with Crippen molar-refractivity contribution in [3.63, 3.8) is 0 Å². The van der Waals surface area contributed by atoms with Crippen molar-refractivity contribution < 1.29 is 0 Å². The predicted molar refractivity (Wildman–Crippen MR) is 71.3 cm³/mol. The largest absolute Gasteiger partial charge is 0.383 e. The van der Waals surface area contributed by atoms with Crippen molar-refractivity contribution in [2.45, 2.75) is 33.1 Å². The third-order valence-electron chi connectivity index (χ3n) is 3.79. The lowest BCUT2D eigenvalue weighted by molar-refractivity contribution is 0.321. The number of fused-ring (bicyclic) bond motifs is 1. The predicted octanol–water partition coefficient (Wildman–Crippen LogP) is 4.53. The summed E-state index contributed by atoms with van der Waals surface area (Å²) in [5, 5.41) is 4.32. The van der Waals surface area contributed by atoms with Gasteiger partial charge in [0.25, 0.3) is 0 Å². The first-order valence-electron chi connectivity index (χ1n) is 6.17. The van der Waals surface area contributed by atoms with E-state index in [0.29, 0.717) is 5.92 Å². The van der Waals surface area contributed by atoms with Crippen LogP contribution in [0.4, 0.5) is 5.69 Å². The Kier molecular flexibility index (Phi) is 3.44. The molecule has 1 aromatic rings. The Balaban J connectivity index is 2.32. The van der Waals surface area contributed by atoms with Gasteiger partial charge in [0.2, 0.25) is 0 Å². The zero-order chi connectivity index (χ0) is 11.7. The molecule has 16 heavy (non-hydrogen) atoms. The molecule has 1 aliphatic rings. The zero-order valence-electron chi connectivity index (χ0n) is 10.3. The fourth-order valence-corrected chi connectivity index (χ4v) is 3.21. The van der Waals surface area contributed by atoms with Crippen LogP contribution in [-0.4, -0.2) is 6.54 Å². The van der Waals surface area contributed by atoms with E-state index in [1.165, 1.54) is 12.0 Å². The molecule has 1 nitrogen and oxygen atoms in total. The summed E-state index contributed by atoms with van der Waals surface area (Å²) in [6.07, 6.45) is 1.23. The summed E-state index contributed by atoms with van der Waals surface area (Å²) in [5.41, 5.74) is 2.57. The summed E-state index contributed by atoms with van der Waals surface area (Å²) < 4.78 is 0. The SMILES string of the molecule is CCC(C(C)C)C1CNc2c(Cl)cccc21. The first-order chi connectivity index (χ1) is 7.65. The van der Waals surface area contributed by atoms with Crippen LogP contribution in [0.5, 0.6) is 0 Å². The number of para-hydroxylation sites is 1. The van der Waals surface area contributed by atoms with Gasteiger partial charge in [-0.1, -0.05) is 50.9 Å². The second kappa shape index (κ2) is 4.67. The highest BCUT2D eigenvalue weighted by atomic mass is 35.5. The summed E-state index contributed by atoms with van der Waals surface area (Å²) in [5.74, 6) is 2.09. The van der Waals surface area contributed by atoms with E-state index in [2.05, 4.69) is 38.2 Å². The second-order valence-electron chi connectivity index (χ2n) is 5.01. The normalized spacial score (nSPS) is 20.7. The molecule has 0 saturated carbocycles. The number of anilines is 1. The van der Waals surface area contributed by atoms with Gasteiger partial charge in [0.1, 0.15) is 0 Å². The fourth-order valence-electron chi connectivity index (χ4n) is 2.96. The molecule has 1 N–H and O–H groups in total. The van der Waals surface area contributed by atoms with E-state index in [-0.39, 0.29) is 0 Å². The minimum absolute atomic E-state index is 0.624. The van der Waals surface area contributed by atoms with E-state index < -0.39 is 0 Å². The van der Waals surface area contributed by atoms with Crippen LogP contribution in [-0.2, 0) is 0 Å². The molecule has 88 valence electrons. The Morgan fingerprint density at radius 1 is 1.44 bits per heavy atom. The molecule has 0 spiro atoms. The number of rotatable bonds is 3. The quantitative estimate of drug-likeness (QED) is 0.815. The van der Waals surface area contributed by atoms with Crippen molar-refractivity contribution in [2.24, 2.45) is 11.8 Å². The van der Waals surface area contributed by atoms with Gasteiger partial charge < -0.3 is 5.32 Å². The molecule has 1 aliphatic heterocycles. The second-order valence-corrected chi connectivity index (χ2v) is 5.41. The number of benzene rings is 1. The maximum absolute atomic E-state index is 6.20. The molecule has 2 rings (SSSR count). The van der Waals surface area contributed by atoms with Crippen LogP contribution >= 0.6 is 11.6 Å². The molecule has 2 unspecified atom stereocenters. The highest BCUT2D eigenvalue weighted by Crippen LogP contribution is 2.43. The lowest BCUT2D eigenvalue weighted by atomic mass is 9.79. The molecule has 2 heteroatoms. The number of nitrogens with one attached hydrogen (secondary N) is 1. The van der Waals surface area contributed by atoms with Crippen LogP contribution in [0, 0.1) is 11.8 Å². The molecule has 2 atom stereocenters. The van der Waals surface area contributed by atoms with Crippen molar-refractivity contribution in [3.8, 4) is 0 Å². The molecule has 0 saturated heterocycles. The van der Waals surface area contributed by atoms with E-state index in [4.69, 9.17) is 11.6 Å². The van der Waals surface area contributed by atoms with Crippen LogP contribution < -0.4 is 5.32 Å².